The first kappa shape index (κ1) is 14.3. The highest BCUT2D eigenvalue weighted by molar-refractivity contribution is 6.77. The Labute approximate surface area is 147 Å². The van der Waals surface area contributed by atoms with Crippen molar-refractivity contribution < 1.29 is 13.8 Å². The van der Waals surface area contributed by atoms with E-state index in [2.05, 4.69) is 54.9 Å². The van der Waals surface area contributed by atoms with Gasteiger partial charge in [-0.25, -0.2) is 0 Å². The zero-order valence-electron chi connectivity index (χ0n) is 14.3. The van der Waals surface area contributed by atoms with E-state index in [0.29, 0.717) is 0 Å². The Morgan fingerprint density at radius 3 is 2.44 bits per heavy atom. The van der Waals surface area contributed by atoms with Crippen molar-refractivity contribution in [1.29, 1.82) is 0 Å². The number of hydrogen-bond donors (Lipinski definition) is 0. The first-order valence-corrected chi connectivity index (χ1v) is 8.59. The summed E-state index contributed by atoms with van der Waals surface area (Å²) in [7, 11) is 0. The summed E-state index contributed by atoms with van der Waals surface area (Å²) in [5.41, 5.74) is 5.50. The molecule has 1 atom stereocenters. The molecule has 3 aromatic rings. The van der Waals surface area contributed by atoms with Crippen LogP contribution in [0.3, 0.4) is 0 Å². The molecule has 0 saturated carbocycles. The highest BCUT2D eigenvalue weighted by atomic mass is 16.6. The van der Waals surface area contributed by atoms with Crippen LogP contribution in [0.25, 0.3) is 0 Å². The lowest BCUT2D eigenvalue weighted by Crippen LogP contribution is -2.65. The summed E-state index contributed by atoms with van der Waals surface area (Å²) in [6.45, 7) is 2.36. The van der Waals surface area contributed by atoms with Gasteiger partial charge >= 0.3 is 6.69 Å². The summed E-state index contributed by atoms with van der Waals surface area (Å²) in [6.07, 6.45) is 2.15. The molecular weight excluding hydrogens is 309 g/mol. The second-order valence-corrected chi connectivity index (χ2v) is 6.82. The van der Waals surface area contributed by atoms with E-state index in [-0.39, 0.29) is 0 Å². The number of aryl methyl sites for hydroxylation is 2. The second-order valence-electron chi connectivity index (χ2n) is 6.82. The number of para-hydroxylation sites is 1. The molecule has 0 amide bonds. The smallest absolute Gasteiger partial charge is 0.618 e. The molecule has 0 N–H and O–H groups in total. The van der Waals surface area contributed by atoms with Crippen LogP contribution in [-0.4, -0.2) is 17.4 Å². The summed E-state index contributed by atoms with van der Waals surface area (Å²) >= 11 is 0. The van der Waals surface area contributed by atoms with Crippen LogP contribution in [0.4, 0.5) is 5.69 Å². The predicted octanol–water partition coefficient (Wildman–Crippen LogP) is 3.70. The summed E-state index contributed by atoms with van der Waals surface area (Å²) < 4.78 is 15.3. The molecular formula is C21H18BNO2. The molecule has 2 heterocycles. The Bertz CT molecular complexity index is 1030. The van der Waals surface area contributed by atoms with Crippen LogP contribution < -0.4 is 14.8 Å². The molecule has 4 heteroatoms. The van der Waals surface area contributed by atoms with Crippen LogP contribution in [0.2, 0.25) is 0 Å². The van der Waals surface area contributed by atoms with Gasteiger partial charge in [-0.3, -0.25) is 0 Å². The Hall–Kier alpha value is -3.01. The average Bonchev–Trinajstić information content (AvgIpc) is 2.96. The number of fused-ring (bicyclic) bond motifs is 4. The van der Waals surface area contributed by atoms with E-state index < -0.39 is 6.69 Å². The molecule has 0 fully saturated rings. The average molecular weight is 327 g/mol. The minimum Gasteiger partial charge on any atom is -0.618 e. The Morgan fingerprint density at radius 1 is 0.840 bits per heavy atom. The van der Waals surface area contributed by atoms with Crippen LogP contribution >= 0.6 is 0 Å². The Morgan fingerprint density at radius 2 is 1.60 bits per heavy atom. The molecule has 3 nitrogen and oxygen atoms in total. The van der Waals surface area contributed by atoms with Crippen LogP contribution in [-0.2, 0) is 0 Å². The molecule has 0 saturated heterocycles. The van der Waals surface area contributed by atoms with Crippen molar-refractivity contribution in [3.8, 4) is 11.5 Å². The third kappa shape index (κ3) is 1.97. The van der Waals surface area contributed by atoms with Crippen molar-refractivity contribution in [3.63, 3.8) is 0 Å². The van der Waals surface area contributed by atoms with Crippen molar-refractivity contribution in [3.05, 3.63) is 83.4 Å². The van der Waals surface area contributed by atoms with Crippen LogP contribution in [0.5, 0.6) is 11.5 Å². The lowest BCUT2D eigenvalue weighted by molar-refractivity contribution is -0.312. The monoisotopic (exact) mass is 327 g/mol. The van der Waals surface area contributed by atoms with Gasteiger partial charge in [-0.2, -0.15) is 0 Å². The zero-order chi connectivity index (χ0) is 17.0. The number of nitrogens with zero attached hydrogens (tertiary/aromatic N) is 1. The van der Waals surface area contributed by atoms with Crippen LogP contribution in [0.15, 0.2) is 66.7 Å². The van der Waals surface area contributed by atoms with Gasteiger partial charge in [0, 0.05) is 6.07 Å². The zero-order valence-corrected chi connectivity index (χ0v) is 14.3. The van der Waals surface area contributed by atoms with Crippen molar-refractivity contribution in [1.82, 2.24) is 0 Å². The maximum atomic E-state index is 6.56. The lowest BCUT2D eigenvalue weighted by atomic mass is 9.62. The summed E-state index contributed by atoms with van der Waals surface area (Å²) in [4.78, 5) is 0. The fourth-order valence-electron chi connectivity index (χ4n) is 3.93. The molecule has 5 rings (SSSR count). The molecule has 2 aliphatic heterocycles. The first-order chi connectivity index (χ1) is 12.2. The standard InChI is InChI=1S/C21H18BNO2/c1-15-12-16(2)21-19(13-15)23-14-17-8-6-7-11-20(17)24-22(23,25-21)18-9-4-3-5-10-18/h3-14H,1-2H3. The van der Waals surface area contributed by atoms with E-state index in [1.54, 1.807) is 0 Å². The Balaban J connectivity index is 1.82. The van der Waals surface area contributed by atoms with Crippen molar-refractivity contribution in [2.24, 2.45) is 0 Å². The topological polar surface area (TPSA) is 21.5 Å². The van der Waals surface area contributed by atoms with E-state index in [1.165, 1.54) is 5.56 Å². The summed E-state index contributed by atoms with van der Waals surface area (Å²) in [5, 5.41) is 0. The largest absolute Gasteiger partial charge is 0.685 e. The van der Waals surface area contributed by atoms with Gasteiger partial charge in [0.15, 0.2) is 5.69 Å². The molecule has 25 heavy (non-hydrogen) atoms. The normalized spacial score (nSPS) is 19.8. The van der Waals surface area contributed by atoms with Gasteiger partial charge in [-0.15, -0.1) is 0 Å². The molecule has 0 radical (unpaired) electrons. The van der Waals surface area contributed by atoms with Gasteiger partial charge in [-0.1, -0.05) is 48.5 Å². The van der Waals surface area contributed by atoms with Gasteiger partial charge in [0.1, 0.15) is 12.0 Å². The quantitative estimate of drug-likeness (QED) is 0.636. The van der Waals surface area contributed by atoms with E-state index in [1.807, 2.05) is 36.4 Å². The minimum atomic E-state index is -1.84. The molecule has 1 unspecified atom stereocenters. The van der Waals surface area contributed by atoms with Gasteiger partial charge < -0.3 is 13.8 Å². The highest BCUT2D eigenvalue weighted by Gasteiger charge is 2.57. The van der Waals surface area contributed by atoms with Crippen LogP contribution in [0, 0.1) is 13.8 Å². The molecule has 2 aliphatic rings. The summed E-state index contributed by atoms with van der Waals surface area (Å²) in [6, 6.07) is 22.6. The van der Waals surface area contributed by atoms with E-state index >= 15 is 0 Å². The fourth-order valence-corrected chi connectivity index (χ4v) is 3.93. The Kier molecular flexibility index (Phi) is 2.87. The van der Waals surface area contributed by atoms with Gasteiger partial charge in [0.2, 0.25) is 0 Å². The van der Waals surface area contributed by atoms with E-state index in [0.717, 1.165) is 33.8 Å². The number of benzene rings is 3. The van der Waals surface area contributed by atoms with Crippen molar-refractivity contribution >= 4 is 24.1 Å². The van der Waals surface area contributed by atoms with E-state index in [9.17, 15) is 0 Å². The third-order valence-corrected chi connectivity index (χ3v) is 5.03. The highest BCUT2D eigenvalue weighted by Crippen LogP contribution is 2.44. The maximum Gasteiger partial charge on any atom is 0.685 e. The van der Waals surface area contributed by atoms with Gasteiger partial charge in [0.05, 0.1) is 11.3 Å². The third-order valence-electron chi connectivity index (χ3n) is 5.03. The van der Waals surface area contributed by atoms with Crippen molar-refractivity contribution in [2.45, 2.75) is 13.8 Å². The fraction of sp³-hybridized carbons (Fsp3) is 0.0952. The lowest BCUT2D eigenvalue weighted by Gasteiger charge is -2.35. The first-order valence-electron chi connectivity index (χ1n) is 8.59. The molecule has 0 bridgehead atoms. The molecule has 3 aromatic carbocycles. The summed E-state index contributed by atoms with van der Waals surface area (Å²) in [5.74, 6) is 1.75. The molecule has 0 spiro atoms. The molecule has 0 aromatic heterocycles. The van der Waals surface area contributed by atoms with Crippen LogP contribution in [0.1, 0.15) is 16.7 Å². The minimum absolute atomic E-state index is 0.852. The van der Waals surface area contributed by atoms with E-state index in [4.69, 9.17) is 9.31 Å². The number of rotatable bonds is 1. The van der Waals surface area contributed by atoms with Gasteiger partial charge in [0.25, 0.3) is 0 Å². The van der Waals surface area contributed by atoms with Gasteiger partial charge in [-0.05, 0) is 42.6 Å². The second kappa shape index (κ2) is 4.99. The van der Waals surface area contributed by atoms with Crippen molar-refractivity contribution in [2.75, 3.05) is 0 Å². The predicted molar refractivity (Wildman–Crippen MR) is 101 cm³/mol. The SMILES string of the molecule is Cc1cc(C)c2c(c1)[N+]1=Cc3ccccc3O[B-]1(c1ccccc1)O2. The molecule has 0 aliphatic carbocycles. The number of hydrogen-bond acceptors (Lipinski definition) is 2. The molecule has 122 valence electrons. The maximum absolute atomic E-state index is 6.56.